The van der Waals surface area contributed by atoms with Crippen molar-refractivity contribution < 1.29 is 37.0 Å². The maximum atomic E-state index is 13.2. The molecule has 2 aromatic rings. The second-order valence-corrected chi connectivity index (χ2v) is 7.98. The summed E-state index contributed by atoms with van der Waals surface area (Å²) >= 11 is 0. The van der Waals surface area contributed by atoms with Crippen molar-refractivity contribution >= 4 is 29.2 Å². The van der Waals surface area contributed by atoms with Crippen LogP contribution < -0.4 is 15.5 Å². The van der Waals surface area contributed by atoms with Gasteiger partial charge in [0.05, 0.1) is 36.6 Å². The first-order chi connectivity index (χ1) is 16.6. The molecule has 2 aromatic carbocycles. The van der Waals surface area contributed by atoms with Crippen molar-refractivity contribution in [2.24, 2.45) is 0 Å². The lowest BCUT2D eigenvalue weighted by Gasteiger charge is -2.31. The number of alkyl halides is 3. The molecule has 3 rings (SSSR count). The van der Waals surface area contributed by atoms with Gasteiger partial charge in [-0.2, -0.15) is 13.2 Å². The topological polar surface area (TPSA) is 97.0 Å². The summed E-state index contributed by atoms with van der Waals surface area (Å²) in [6.07, 6.45) is -4.77. The van der Waals surface area contributed by atoms with Crippen LogP contribution in [0.4, 0.5) is 24.5 Å². The first kappa shape index (κ1) is 26.0. The number of amides is 2. The van der Waals surface area contributed by atoms with Crippen LogP contribution in [0.2, 0.25) is 0 Å². The van der Waals surface area contributed by atoms with E-state index in [9.17, 15) is 27.6 Å². The molecule has 2 N–H and O–H groups in total. The van der Waals surface area contributed by atoms with Crippen molar-refractivity contribution in [2.45, 2.75) is 25.6 Å². The van der Waals surface area contributed by atoms with E-state index in [1.165, 1.54) is 6.07 Å². The van der Waals surface area contributed by atoms with Crippen LogP contribution in [0.1, 0.15) is 29.3 Å². The van der Waals surface area contributed by atoms with Gasteiger partial charge in [0.15, 0.2) is 6.61 Å². The molecule has 11 heteroatoms. The van der Waals surface area contributed by atoms with Crippen molar-refractivity contribution in [3.8, 4) is 0 Å². The average Bonchev–Trinajstić information content (AvgIpc) is 2.83. The van der Waals surface area contributed by atoms with Crippen molar-refractivity contribution in [1.82, 2.24) is 5.32 Å². The van der Waals surface area contributed by atoms with Gasteiger partial charge in [0.25, 0.3) is 11.8 Å². The van der Waals surface area contributed by atoms with Gasteiger partial charge in [-0.25, -0.2) is 0 Å². The first-order valence-electron chi connectivity index (χ1n) is 11.0. The predicted molar refractivity (Wildman–Crippen MR) is 122 cm³/mol. The normalized spacial score (nSPS) is 14.7. The third kappa shape index (κ3) is 7.71. The van der Waals surface area contributed by atoms with E-state index in [0.29, 0.717) is 37.6 Å². The molecule has 1 saturated heterocycles. The van der Waals surface area contributed by atoms with Gasteiger partial charge in [0.2, 0.25) is 0 Å². The zero-order valence-electron chi connectivity index (χ0n) is 19.1. The highest BCUT2D eigenvalue weighted by atomic mass is 19.4. The lowest BCUT2D eigenvalue weighted by Crippen LogP contribution is -2.37. The molecule has 35 heavy (non-hydrogen) atoms. The molecule has 1 fully saturated rings. The number of esters is 1. The number of hydrogen-bond donors (Lipinski definition) is 2. The summed E-state index contributed by atoms with van der Waals surface area (Å²) in [5, 5.41) is 5.07. The van der Waals surface area contributed by atoms with E-state index in [4.69, 9.17) is 9.47 Å². The number of morpholine rings is 1. The summed E-state index contributed by atoms with van der Waals surface area (Å²) in [6.45, 7) is 2.65. The maximum Gasteiger partial charge on any atom is 0.416 e. The van der Waals surface area contributed by atoms with Gasteiger partial charge in [-0.15, -0.1) is 0 Å². The number of ether oxygens (including phenoxy) is 2. The molecular formula is C24H26F3N3O5. The molecule has 1 heterocycles. The van der Waals surface area contributed by atoms with Crippen LogP contribution in [0, 0.1) is 0 Å². The molecule has 2 amide bonds. The molecule has 1 aliphatic heterocycles. The number of carbonyl (C=O) groups is 3. The zero-order chi connectivity index (χ0) is 25.4. The van der Waals surface area contributed by atoms with Gasteiger partial charge in [0, 0.05) is 24.7 Å². The molecule has 0 aromatic heterocycles. The summed E-state index contributed by atoms with van der Waals surface area (Å²) in [5.74, 6) is -1.88. The highest BCUT2D eigenvalue weighted by Crippen LogP contribution is 2.35. The summed E-state index contributed by atoms with van der Waals surface area (Å²) in [6, 6.07) is 11.0. The van der Waals surface area contributed by atoms with E-state index in [2.05, 4.69) is 10.6 Å². The SMILES string of the molecule is CC(CC(=O)OCC(=O)Nc1cc(C(F)(F)F)ccc1N1CCOCC1)NC(=O)c1ccccc1. The number of rotatable bonds is 8. The van der Waals surface area contributed by atoms with Crippen LogP contribution in [0.25, 0.3) is 0 Å². The van der Waals surface area contributed by atoms with E-state index in [0.717, 1.165) is 12.1 Å². The van der Waals surface area contributed by atoms with E-state index in [-0.39, 0.29) is 18.0 Å². The molecule has 1 atom stereocenters. The third-order valence-electron chi connectivity index (χ3n) is 5.20. The largest absolute Gasteiger partial charge is 0.455 e. The molecule has 0 aliphatic carbocycles. The van der Waals surface area contributed by atoms with Crippen LogP contribution in [-0.2, 0) is 25.2 Å². The molecule has 0 bridgehead atoms. The number of anilines is 2. The number of halogens is 3. The van der Waals surface area contributed by atoms with Crippen molar-refractivity contribution in [3.05, 3.63) is 59.7 Å². The van der Waals surface area contributed by atoms with Crippen LogP contribution in [0.15, 0.2) is 48.5 Å². The fourth-order valence-electron chi connectivity index (χ4n) is 3.48. The first-order valence-corrected chi connectivity index (χ1v) is 11.0. The minimum atomic E-state index is -4.59. The number of benzene rings is 2. The standard InChI is InChI=1S/C24H26F3N3O5/c1-16(28-23(33)17-5-3-2-4-6-17)13-22(32)35-15-21(31)29-19-14-18(24(25,26)27)7-8-20(19)30-9-11-34-12-10-30/h2-8,14,16H,9-13,15H2,1H3,(H,28,33)(H,29,31). The van der Waals surface area contributed by atoms with Crippen molar-refractivity contribution in [2.75, 3.05) is 43.1 Å². The maximum absolute atomic E-state index is 13.2. The quantitative estimate of drug-likeness (QED) is 0.549. The lowest BCUT2D eigenvalue weighted by atomic mass is 10.1. The zero-order valence-corrected chi connectivity index (χ0v) is 19.1. The highest BCUT2D eigenvalue weighted by Gasteiger charge is 2.32. The Kier molecular flexibility index (Phi) is 8.69. The molecule has 1 aliphatic rings. The Labute approximate surface area is 200 Å². The van der Waals surface area contributed by atoms with Crippen LogP contribution in [-0.4, -0.2) is 56.7 Å². The minimum absolute atomic E-state index is 0.0359. The van der Waals surface area contributed by atoms with E-state index in [1.807, 2.05) is 4.90 Å². The van der Waals surface area contributed by atoms with Gasteiger partial charge in [-0.1, -0.05) is 18.2 Å². The highest BCUT2D eigenvalue weighted by molar-refractivity contribution is 5.96. The number of hydrogen-bond acceptors (Lipinski definition) is 6. The Hall–Kier alpha value is -3.60. The van der Waals surface area contributed by atoms with Gasteiger partial charge in [-0.05, 0) is 37.3 Å². The Balaban J connectivity index is 1.56. The summed E-state index contributed by atoms with van der Waals surface area (Å²) in [5.41, 5.74) is -0.0986. The number of carbonyl (C=O) groups excluding carboxylic acids is 3. The Morgan fingerprint density at radius 3 is 2.43 bits per heavy atom. The molecule has 8 nitrogen and oxygen atoms in total. The van der Waals surface area contributed by atoms with Gasteiger partial charge in [0.1, 0.15) is 0 Å². The monoisotopic (exact) mass is 493 g/mol. The summed E-state index contributed by atoms with van der Waals surface area (Å²) < 4.78 is 49.9. The van der Waals surface area contributed by atoms with Crippen LogP contribution in [0.3, 0.4) is 0 Å². The number of nitrogens with zero attached hydrogens (tertiary/aromatic N) is 1. The van der Waals surface area contributed by atoms with E-state index >= 15 is 0 Å². The Morgan fingerprint density at radius 2 is 1.77 bits per heavy atom. The van der Waals surface area contributed by atoms with Gasteiger partial charge < -0.3 is 25.0 Å². The predicted octanol–water partition coefficient (Wildman–Crippen LogP) is 3.23. The van der Waals surface area contributed by atoms with Crippen LogP contribution >= 0.6 is 0 Å². The molecule has 0 saturated carbocycles. The third-order valence-corrected chi connectivity index (χ3v) is 5.20. The van der Waals surface area contributed by atoms with Crippen molar-refractivity contribution in [3.63, 3.8) is 0 Å². The van der Waals surface area contributed by atoms with E-state index < -0.39 is 36.3 Å². The average molecular weight is 493 g/mol. The van der Waals surface area contributed by atoms with E-state index in [1.54, 1.807) is 37.3 Å². The van der Waals surface area contributed by atoms with Gasteiger partial charge in [-0.3, -0.25) is 14.4 Å². The molecular weight excluding hydrogens is 467 g/mol. The summed E-state index contributed by atoms with van der Waals surface area (Å²) in [7, 11) is 0. The van der Waals surface area contributed by atoms with Crippen molar-refractivity contribution in [1.29, 1.82) is 0 Å². The minimum Gasteiger partial charge on any atom is -0.455 e. The fourth-order valence-corrected chi connectivity index (χ4v) is 3.48. The van der Waals surface area contributed by atoms with Crippen LogP contribution in [0.5, 0.6) is 0 Å². The van der Waals surface area contributed by atoms with Gasteiger partial charge >= 0.3 is 12.1 Å². The fraction of sp³-hybridized carbons (Fsp3) is 0.375. The molecule has 0 radical (unpaired) electrons. The lowest BCUT2D eigenvalue weighted by molar-refractivity contribution is -0.147. The second-order valence-electron chi connectivity index (χ2n) is 7.98. The Morgan fingerprint density at radius 1 is 1.09 bits per heavy atom. The Bertz CT molecular complexity index is 1040. The second kappa shape index (κ2) is 11.7. The molecule has 0 spiro atoms. The smallest absolute Gasteiger partial charge is 0.416 e. The summed E-state index contributed by atoms with van der Waals surface area (Å²) in [4.78, 5) is 38.4. The molecule has 188 valence electrons. The number of nitrogens with one attached hydrogen (secondary N) is 2. The molecule has 1 unspecified atom stereocenters.